The molecular weight excluding hydrogens is 304 g/mol. The number of halogens is 1. The minimum Gasteiger partial charge on any atom is -0.337 e. The van der Waals surface area contributed by atoms with Crippen LogP contribution in [-0.2, 0) is 19.5 Å². The Morgan fingerprint density at radius 3 is 2.95 bits per heavy atom. The second-order valence-electron chi connectivity index (χ2n) is 5.28. The van der Waals surface area contributed by atoms with Gasteiger partial charge in [0.2, 0.25) is 0 Å². The third-order valence-corrected chi connectivity index (χ3v) is 4.92. The maximum Gasteiger partial charge on any atom is 0.253 e. The largest absolute Gasteiger partial charge is 0.337 e. The van der Waals surface area contributed by atoms with Crippen molar-refractivity contribution in [3.8, 4) is 0 Å². The van der Waals surface area contributed by atoms with E-state index in [1.807, 2.05) is 31.3 Å². The topological polar surface area (TPSA) is 32.3 Å². The molecule has 0 aliphatic carbocycles. The number of nitrogens with one attached hydrogen (secondary N) is 1. The number of carbonyl (C=O) groups is 1. The van der Waals surface area contributed by atoms with Crippen molar-refractivity contribution >= 4 is 28.8 Å². The summed E-state index contributed by atoms with van der Waals surface area (Å²) in [5.41, 5.74) is 3.33. The average molecular weight is 321 g/mol. The summed E-state index contributed by atoms with van der Waals surface area (Å²) in [6, 6.07) is 9.86. The highest BCUT2D eigenvalue weighted by molar-refractivity contribution is 7.16. The van der Waals surface area contributed by atoms with E-state index in [-0.39, 0.29) is 5.91 Å². The van der Waals surface area contributed by atoms with E-state index < -0.39 is 0 Å². The molecule has 2 aromatic rings. The van der Waals surface area contributed by atoms with Gasteiger partial charge in [-0.15, -0.1) is 11.3 Å². The summed E-state index contributed by atoms with van der Waals surface area (Å²) in [4.78, 5) is 15.3. The lowest BCUT2D eigenvalue weighted by Crippen LogP contribution is -2.27. The van der Waals surface area contributed by atoms with Crippen molar-refractivity contribution < 1.29 is 4.79 Å². The van der Waals surface area contributed by atoms with Gasteiger partial charge < -0.3 is 10.2 Å². The maximum absolute atomic E-state index is 12.5. The molecule has 110 valence electrons. The summed E-state index contributed by atoms with van der Waals surface area (Å²) in [5, 5.41) is 3.34. The number of benzene rings is 1. The van der Waals surface area contributed by atoms with E-state index in [2.05, 4.69) is 11.4 Å². The molecule has 3 rings (SSSR count). The Hall–Kier alpha value is -1.36. The van der Waals surface area contributed by atoms with E-state index in [9.17, 15) is 4.79 Å². The minimum absolute atomic E-state index is 0.0490. The van der Waals surface area contributed by atoms with Gasteiger partial charge in [0.25, 0.3) is 5.91 Å². The Balaban J connectivity index is 1.75. The fraction of sp³-hybridized carbons (Fsp3) is 0.312. The zero-order chi connectivity index (χ0) is 14.8. The standard InChI is InChI=1S/C16H17ClN2OS/c1-19(10-14-4-5-15(17)21-14)16(20)12-3-2-11-6-7-18-9-13(11)8-12/h2-5,8,18H,6-7,9-10H2,1H3. The minimum atomic E-state index is 0.0490. The molecule has 1 aromatic carbocycles. The van der Waals surface area contributed by atoms with Crippen molar-refractivity contribution in [3.05, 3.63) is 56.2 Å². The monoisotopic (exact) mass is 320 g/mol. The molecule has 0 bridgehead atoms. The Morgan fingerprint density at radius 1 is 1.33 bits per heavy atom. The van der Waals surface area contributed by atoms with Gasteiger partial charge in [0.15, 0.2) is 0 Å². The second kappa shape index (κ2) is 6.18. The van der Waals surface area contributed by atoms with Crippen LogP contribution in [0.3, 0.4) is 0 Å². The van der Waals surface area contributed by atoms with Gasteiger partial charge in [-0.05, 0) is 48.4 Å². The zero-order valence-electron chi connectivity index (χ0n) is 11.9. The highest BCUT2D eigenvalue weighted by Crippen LogP contribution is 2.23. The first-order chi connectivity index (χ1) is 10.1. The van der Waals surface area contributed by atoms with Crippen LogP contribution in [0.1, 0.15) is 26.4 Å². The van der Waals surface area contributed by atoms with Crippen molar-refractivity contribution in [1.29, 1.82) is 0 Å². The summed E-state index contributed by atoms with van der Waals surface area (Å²) in [5.74, 6) is 0.0490. The van der Waals surface area contributed by atoms with Crippen LogP contribution in [0.2, 0.25) is 4.34 Å². The van der Waals surface area contributed by atoms with Crippen molar-refractivity contribution in [1.82, 2.24) is 10.2 Å². The normalized spacial score (nSPS) is 13.8. The summed E-state index contributed by atoms with van der Waals surface area (Å²) in [6.07, 6.45) is 1.04. The van der Waals surface area contributed by atoms with Crippen LogP contribution >= 0.6 is 22.9 Å². The van der Waals surface area contributed by atoms with Crippen molar-refractivity contribution in [3.63, 3.8) is 0 Å². The van der Waals surface area contributed by atoms with Crippen LogP contribution in [0, 0.1) is 0 Å². The van der Waals surface area contributed by atoms with Crippen LogP contribution in [-0.4, -0.2) is 24.4 Å². The molecule has 5 heteroatoms. The Kier molecular flexibility index (Phi) is 4.29. The van der Waals surface area contributed by atoms with Crippen molar-refractivity contribution in [2.45, 2.75) is 19.5 Å². The van der Waals surface area contributed by atoms with Gasteiger partial charge in [0, 0.05) is 24.0 Å². The van der Waals surface area contributed by atoms with Gasteiger partial charge in [0.1, 0.15) is 0 Å². The number of rotatable bonds is 3. The molecule has 1 N–H and O–H groups in total. The predicted molar refractivity (Wildman–Crippen MR) is 87.0 cm³/mol. The molecule has 1 amide bonds. The Morgan fingerprint density at radius 2 is 2.19 bits per heavy atom. The first-order valence-electron chi connectivity index (χ1n) is 6.95. The number of thiophene rings is 1. The molecule has 1 aliphatic heterocycles. The molecule has 0 radical (unpaired) electrons. The first-order valence-corrected chi connectivity index (χ1v) is 8.15. The van der Waals surface area contributed by atoms with E-state index in [4.69, 9.17) is 11.6 Å². The van der Waals surface area contributed by atoms with Crippen LogP contribution in [0.4, 0.5) is 0 Å². The van der Waals surface area contributed by atoms with E-state index in [1.165, 1.54) is 22.5 Å². The number of fused-ring (bicyclic) bond motifs is 1. The summed E-state index contributed by atoms with van der Waals surface area (Å²) in [7, 11) is 1.83. The van der Waals surface area contributed by atoms with E-state index in [0.29, 0.717) is 6.54 Å². The van der Waals surface area contributed by atoms with Gasteiger partial charge in [-0.1, -0.05) is 17.7 Å². The van der Waals surface area contributed by atoms with Gasteiger partial charge >= 0.3 is 0 Å². The van der Waals surface area contributed by atoms with Crippen LogP contribution in [0.25, 0.3) is 0 Å². The van der Waals surface area contributed by atoms with Gasteiger partial charge in [-0.3, -0.25) is 4.79 Å². The Labute approximate surface area is 133 Å². The predicted octanol–water partition coefficient (Wildman–Crippen LogP) is 3.32. The molecule has 21 heavy (non-hydrogen) atoms. The summed E-state index contributed by atoms with van der Waals surface area (Å²) >= 11 is 7.44. The maximum atomic E-state index is 12.5. The van der Waals surface area contributed by atoms with Crippen molar-refractivity contribution in [2.75, 3.05) is 13.6 Å². The van der Waals surface area contributed by atoms with Crippen LogP contribution in [0.5, 0.6) is 0 Å². The summed E-state index contributed by atoms with van der Waals surface area (Å²) in [6.45, 7) is 2.45. The van der Waals surface area contributed by atoms with Crippen LogP contribution in [0.15, 0.2) is 30.3 Å². The molecule has 0 saturated carbocycles. The second-order valence-corrected chi connectivity index (χ2v) is 7.08. The molecule has 0 saturated heterocycles. The molecule has 0 atom stereocenters. The molecule has 1 aromatic heterocycles. The summed E-state index contributed by atoms with van der Waals surface area (Å²) < 4.78 is 0.755. The van der Waals surface area contributed by atoms with Gasteiger partial charge in [-0.25, -0.2) is 0 Å². The van der Waals surface area contributed by atoms with Gasteiger partial charge in [0.05, 0.1) is 10.9 Å². The number of hydrogen-bond donors (Lipinski definition) is 1. The lowest BCUT2D eigenvalue weighted by Gasteiger charge is -2.20. The quantitative estimate of drug-likeness (QED) is 0.941. The molecule has 0 unspecified atom stereocenters. The lowest BCUT2D eigenvalue weighted by molar-refractivity contribution is 0.0786. The van der Waals surface area contributed by atoms with E-state index in [0.717, 1.165) is 34.3 Å². The fourth-order valence-electron chi connectivity index (χ4n) is 2.58. The zero-order valence-corrected chi connectivity index (χ0v) is 13.4. The fourth-order valence-corrected chi connectivity index (χ4v) is 3.72. The lowest BCUT2D eigenvalue weighted by atomic mass is 9.98. The Bertz CT molecular complexity index is 668. The number of carbonyl (C=O) groups excluding carboxylic acids is 1. The molecule has 1 aliphatic rings. The highest BCUT2D eigenvalue weighted by Gasteiger charge is 2.16. The SMILES string of the molecule is CN(Cc1ccc(Cl)s1)C(=O)c1ccc2c(c1)CNCC2. The van der Waals surface area contributed by atoms with Gasteiger partial charge in [-0.2, -0.15) is 0 Å². The van der Waals surface area contributed by atoms with E-state index in [1.54, 1.807) is 4.90 Å². The molecule has 3 nitrogen and oxygen atoms in total. The average Bonchev–Trinajstić information content (AvgIpc) is 2.91. The third kappa shape index (κ3) is 3.28. The van der Waals surface area contributed by atoms with Crippen LogP contribution < -0.4 is 5.32 Å². The molecular formula is C16H17ClN2OS. The molecule has 0 spiro atoms. The first kappa shape index (κ1) is 14.6. The molecule has 0 fully saturated rings. The number of hydrogen-bond acceptors (Lipinski definition) is 3. The smallest absolute Gasteiger partial charge is 0.253 e. The molecule has 2 heterocycles. The highest BCUT2D eigenvalue weighted by atomic mass is 35.5. The number of amides is 1. The third-order valence-electron chi connectivity index (χ3n) is 3.71. The number of nitrogens with zero attached hydrogens (tertiary/aromatic N) is 1. The van der Waals surface area contributed by atoms with Crippen molar-refractivity contribution in [2.24, 2.45) is 0 Å². The van der Waals surface area contributed by atoms with E-state index >= 15 is 0 Å².